The average Bonchev–Trinajstić information content (AvgIpc) is 2.57. The highest BCUT2D eigenvalue weighted by atomic mass is 79.9. The molecule has 0 amide bonds. The first-order chi connectivity index (χ1) is 7.66. The summed E-state index contributed by atoms with van der Waals surface area (Å²) in [6.45, 7) is 2.00. The van der Waals surface area contributed by atoms with Crippen LogP contribution in [0.3, 0.4) is 0 Å². The van der Waals surface area contributed by atoms with Crippen molar-refractivity contribution in [3.63, 3.8) is 0 Å². The zero-order valence-electron chi connectivity index (χ0n) is 8.74. The van der Waals surface area contributed by atoms with Gasteiger partial charge in [0.25, 0.3) is 0 Å². The van der Waals surface area contributed by atoms with Crippen molar-refractivity contribution >= 4 is 44.8 Å². The summed E-state index contributed by atoms with van der Waals surface area (Å²) in [7, 11) is 0. The lowest BCUT2D eigenvalue weighted by Gasteiger charge is -2.01. The maximum atomic E-state index is 5.72. The number of nitrogen functional groups attached to an aromatic ring is 1. The second-order valence-electron chi connectivity index (χ2n) is 3.27. The third-order valence-corrected chi connectivity index (χ3v) is 5.27. The maximum Gasteiger partial charge on any atom is 0.137 e. The third-order valence-electron chi connectivity index (χ3n) is 2.06. The Balaban J connectivity index is 2.05. The first-order valence-corrected chi connectivity index (χ1v) is 7.35. The van der Waals surface area contributed by atoms with E-state index in [-0.39, 0.29) is 0 Å². The Morgan fingerprint density at radius 2 is 2.19 bits per heavy atom. The summed E-state index contributed by atoms with van der Waals surface area (Å²) >= 11 is 6.96. The Labute approximate surface area is 111 Å². The van der Waals surface area contributed by atoms with Gasteiger partial charge < -0.3 is 5.73 Å². The maximum absolute atomic E-state index is 5.72. The standard InChI is InChI=1S/C11H11BrN2S2/c1-7-11(13)14-10(16-7)6-15-9-5-3-2-4-8(9)12/h2-5H,6,13H2,1H3. The quantitative estimate of drug-likeness (QED) is 0.867. The van der Waals surface area contributed by atoms with Crippen molar-refractivity contribution in [2.75, 3.05) is 5.73 Å². The molecule has 0 aliphatic heterocycles. The van der Waals surface area contributed by atoms with Crippen LogP contribution in [0.15, 0.2) is 33.6 Å². The van der Waals surface area contributed by atoms with E-state index in [4.69, 9.17) is 5.73 Å². The molecule has 0 unspecified atom stereocenters. The van der Waals surface area contributed by atoms with Crippen LogP contribution in [0.4, 0.5) is 5.82 Å². The molecule has 1 aromatic heterocycles. The number of nitrogens with zero attached hydrogens (tertiary/aromatic N) is 1. The van der Waals surface area contributed by atoms with E-state index in [1.807, 2.05) is 25.1 Å². The van der Waals surface area contributed by atoms with Crippen LogP contribution in [0.1, 0.15) is 9.88 Å². The lowest BCUT2D eigenvalue weighted by Crippen LogP contribution is -1.87. The van der Waals surface area contributed by atoms with E-state index in [9.17, 15) is 0 Å². The van der Waals surface area contributed by atoms with E-state index < -0.39 is 0 Å². The number of nitrogens with two attached hydrogens (primary N) is 1. The molecule has 0 fully saturated rings. The molecule has 2 nitrogen and oxygen atoms in total. The molecule has 0 spiro atoms. The van der Waals surface area contributed by atoms with Gasteiger partial charge in [-0.05, 0) is 35.0 Å². The molecule has 2 aromatic rings. The van der Waals surface area contributed by atoms with Crippen molar-refractivity contribution in [3.05, 3.63) is 38.6 Å². The van der Waals surface area contributed by atoms with Gasteiger partial charge >= 0.3 is 0 Å². The summed E-state index contributed by atoms with van der Waals surface area (Å²) in [5, 5.41) is 1.08. The molecule has 0 saturated heterocycles. The van der Waals surface area contributed by atoms with Crippen molar-refractivity contribution in [3.8, 4) is 0 Å². The van der Waals surface area contributed by atoms with Gasteiger partial charge in [0.15, 0.2) is 0 Å². The lowest BCUT2D eigenvalue weighted by atomic mass is 10.4. The van der Waals surface area contributed by atoms with Crippen molar-refractivity contribution in [1.29, 1.82) is 0 Å². The summed E-state index contributed by atoms with van der Waals surface area (Å²) in [4.78, 5) is 6.65. The number of aromatic nitrogens is 1. The molecule has 2 rings (SSSR count). The van der Waals surface area contributed by atoms with Gasteiger partial charge in [0.2, 0.25) is 0 Å². The molecular weight excluding hydrogens is 304 g/mol. The number of halogens is 1. The molecule has 5 heteroatoms. The van der Waals surface area contributed by atoms with Gasteiger partial charge in [-0.2, -0.15) is 0 Å². The Kier molecular flexibility index (Phi) is 3.89. The summed E-state index contributed by atoms with van der Waals surface area (Å²) in [5.74, 6) is 1.53. The summed E-state index contributed by atoms with van der Waals surface area (Å²) in [5.41, 5.74) is 5.72. The van der Waals surface area contributed by atoms with Crippen LogP contribution in [0.5, 0.6) is 0 Å². The van der Waals surface area contributed by atoms with Crippen molar-refractivity contribution in [1.82, 2.24) is 4.98 Å². The molecular formula is C11H11BrN2S2. The molecule has 0 saturated carbocycles. The minimum absolute atomic E-state index is 0.660. The zero-order valence-corrected chi connectivity index (χ0v) is 12.0. The number of thiazole rings is 1. The molecule has 0 atom stereocenters. The average molecular weight is 315 g/mol. The zero-order chi connectivity index (χ0) is 11.5. The molecule has 0 radical (unpaired) electrons. The number of aryl methyl sites for hydroxylation is 1. The van der Waals surface area contributed by atoms with Crippen LogP contribution >= 0.6 is 39.0 Å². The summed E-state index contributed by atoms with van der Waals surface area (Å²) in [6.07, 6.45) is 0. The SMILES string of the molecule is Cc1sc(CSc2ccccc2Br)nc1N. The molecule has 16 heavy (non-hydrogen) atoms. The van der Waals surface area contributed by atoms with Crippen LogP contribution in [0.2, 0.25) is 0 Å². The monoisotopic (exact) mass is 314 g/mol. The lowest BCUT2D eigenvalue weighted by molar-refractivity contribution is 1.26. The fourth-order valence-corrected chi connectivity index (χ4v) is 3.64. The first-order valence-electron chi connectivity index (χ1n) is 4.76. The van der Waals surface area contributed by atoms with E-state index in [2.05, 4.69) is 27.0 Å². The summed E-state index contributed by atoms with van der Waals surface area (Å²) in [6, 6.07) is 8.19. The second-order valence-corrected chi connectivity index (χ2v) is 6.43. The van der Waals surface area contributed by atoms with Gasteiger partial charge in [0.1, 0.15) is 10.8 Å². The number of hydrogen-bond acceptors (Lipinski definition) is 4. The third kappa shape index (κ3) is 2.78. The predicted octanol–water partition coefficient (Wildman–Crippen LogP) is 4.09. The topological polar surface area (TPSA) is 38.9 Å². The van der Waals surface area contributed by atoms with E-state index in [0.717, 1.165) is 20.1 Å². The number of rotatable bonds is 3. The van der Waals surface area contributed by atoms with Crippen LogP contribution in [-0.4, -0.2) is 4.98 Å². The smallest absolute Gasteiger partial charge is 0.137 e. The predicted molar refractivity (Wildman–Crippen MR) is 75.0 cm³/mol. The highest BCUT2D eigenvalue weighted by molar-refractivity contribution is 9.10. The number of thioether (sulfide) groups is 1. The van der Waals surface area contributed by atoms with E-state index in [0.29, 0.717) is 5.82 Å². The van der Waals surface area contributed by atoms with Crippen molar-refractivity contribution in [2.24, 2.45) is 0 Å². The normalized spacial score (nSPS) is 10.6. The number of benzene rings is 1. The molecule has 0 bridgehead atoms. The van der Waals surface area contributed by atoms with Crippen LogP contribution < -0.4 is 5.73 Å². The molecule has 0 aliphatic carbocycles. The highest BCUT2D eigenvalue weighted by Crippen LogP contribution is 2.31. The highest BCUT2D eigenvalue weighted by Gasteiger charge is 2.06. The Hall–Kier alpha value is -0.520. The fourth-order valence-electron chi connectivity index (χ4n) is 1.23. The number of anilines is 1. The minimum Gasteiger partial charge on any atom is -0.383 e. The number of hydrogen-bond donors (Lipinski definition) is 1. The first kappa shape index (κ1) is 12.0. The Morgan fingerprint density at radius 3 is 2.81 bits per heavy atom. The van der Waals surface area contributed by atoms with Gasteiger partial charge in [0.05, 0.1) is 5.75 Å². The van der Waals surface area contributed by atoms with Crippen LogP contribution in [-0.2, 0) is 5.75 Å². The largest absolute Gasteiger partial charge is 0.383 e. The van der Waals surface area contributed by atoms with Crippen LogP contribution in [0.25, 0.3) is 0 Å². The second kappa shape index (κ2) is 5.21. The molecule has 1 heterocycles. The Bertz CT molecular complexity index is 477. The van der Waals surface area contributed by atoms with Gasteiger partial charge in [-0.3, -0.25) is 0 Å². The van der Waals surface area contributed by atoms with Crippen molar-refractivity contribution < 1.29 is 0 Å². The van der Waals surface area contributed by atoms with Gasteiger partial charge in [0, 0.05) is 14.2 Å². The van der Waals surface area contributed by atoms with Crippen molar-refractivity contribution in [2.45, 2.75) is 17.6 Å². The van der Waals surface area contributed by atoms with Gasteiger partial charge in [-0.1, -0.05) is 12.1 Å². The van der Waals surface area contributed by atoms with Gasteiger partial charge in [-0.15, -0.1) is 23.1 Å². The van der Waals surface area contributed by atoms with E-state index in [1.54, 1.807) is 23.1 Å². The van der Waals surface area contributed by atoms with Crippen LogP contribution in [0, 0.1) is 6.92 Å². The van der Waals surface area contributed by atoms with Gasteiger partial charge in [-0.25, -0.2) is 4.98 Å². The summed E-state index contributed by atoms with van der Waals surface area (Å²) < 4.78 is 1.13. The molecule has 2 N–H and O–H groups in total. The molecule has 84 valence electrons. The minimum atomic E-state index is 0.660. The molecule has 0 aliphatic rings. The van der Waals surface area contributed by atoms with E-state index >= 15 is 0 Å². The Morgan fingerprint density at radius 1 is 1.44 bits per heavy atom. The fraction of sp³-hybridized carbons (Fsp3) is 0.182. The molecule has 1 aromatic carbocycles. The van der Waals surface area contributed by atoms with E-state index in [1.165, 1.54) is 4.90 Å².